The van der Waals surface area contributed by atoms with Crippen molar-refractivity contribution in [2.24, 2.45) is 0 Å². The number of methoxy groups -OCH3 is 1. The Morgan fingerprint density at radius 3 is 2.35 bits per heavy atom. The minimum atomic E-state index is -1.03. The SMILES string of the molecule is CCOc1c(/C(O)=C/C(=O)C(=O)OC)cc(C)cc1C(C)(C)C. The molecule has 0 aliphatic rings. The third kappa shape index (κ3) is 4.58. The van der Waals surface area contributed by atoms with Crippen molar-refractivity contribution in [2.45, 2.75) is 40.0 Å². The van der Waals surface area contributed by atoms with Crippen molar-refractivity contribution >= 4 is 17.5 Å². The van der Waals surface area contributed by atoms with Crippen LogP contribution >= 0.6 is 0 Å². The van der Waals surface area contributed by atoms with Crippen LogP contribution in [-0.2, 0) is 19.7 Å². The van der Waals surface area contributed by atoms with Gasteiger partial charge in [-0.05, 0) is 30.9 Å². The maximum atomic E-state index is 11.6. The number of benzene rings is 1. The molecular weight excluding hydrogens is 296 g/mol. The molecule has 0 saturated heterocycles. The van der Waals surface area contributed by atoms with Crippen molar-refractivity contribution in [3.63, 3.8) is 0 Å². The lowest BCUT2D eigenvalue weighted by Gasteiger charge is -2.25. The number of ether oxygens (including phenoxy) is 2. The number of ketones is 1. The van der Waals surface area contributed by atoms with Gasteiger partial charge in [0.05, 0.1) is 19.3 Å². The molecule has 0 aromatic heterocycles. The second-order valence-electron chi connectivity index (χ2n) is 6.26. The number of aryl methyl sites for hydroxylation is 1. The topological polar surface area (TPSA) is 72.8 Å². The molecule has 126 valence electrons. The number of hydrogen-bond donors (Lipinski definition) is 1. The average Bonchev–Trinajstić information content (AvgIpc) is 2.46. The van der Waals surface area contributed by atoms with E-state index in [0.717, 1.165) is 24.3 Å². The summed E-state index contributed by atoms with van der Waals surface area (Å²) in [5, 5.41) is 10.3. The summed E-state index contributed by atoms with van der Waals surface area (Å²) in [6.45, 7) is 10.3. The highest BCUT2D eigenvalue weighted by molar-refractivity contribution is 6.39. The van der Waals surface area contributed by atoms with E-state index in [1.54, 1.807) is 6.07 Å². The molecule has 0 amide bonds. The molecule has 0 bridgehead atoms. The molecule has 0 heterocycles. The van der Waals surface area contributed by atoms with Crippen LogP contribution in [-0.4, -0.2) is 30.6 Å². The Bertz CT molecular complexity index is 636. The van der Waals surface area contributed by atoms with Crippen LogP contribution in [0.3, 0.4) is 0 Å². The Balaban J connectivity index is 3.51. The molecule has 0 atom stereocenters. The fourth-order valence-electron chi connectivity index (χ4n) is 2.18. The second kappa shape index (κ2) is 7.31. The zero-order chi connectivity index (χ0) is 17.8. The molecule has 0 aliphatic heterocycles. The Kier molecular flexibility index (Phi) is 5.96. The highest BCUT2D eigenvalue weighted by Crippen LogP contribution is 2.37. The van der Waals surface area contributed by atoms with E-state index in [1.165, 1.54) is 0 Å². The predicted molar refractivity (Wildman–Crippen MR) is 88.7 cm³/mol. The summed E-state index contributed by atoms with van der Waals surface area (Å²) in [5.74, 6) is -1.76. The van der Waals surface area contributed by atoms with Crippen LogP contribution in [0.15, 0.2) is 18.2 Å². The van der Waals surface area contributed by atoms with Crippen molar-refractivity contribution < 1.29 is 24.2 Å². The molecule has 0 saturated carbocycles. The standard InChI is InChI=1S/C18H24O5/c1-7-23-16-12(14(19)10-15(20)17(21)22-6)8-11(2)9-13(16)18(3,4)5/h8-10,19H,7H2,1-6H3/b14-10-. The summed E-state index contributed by atoms with van der Waals surface area (Å²) in [6, 6.07) is 3.71. The van der Waals surface area contributed by atoms with E-state index in [2.05, 4.69) is 4.74 Å². The van der Waals surface area contributed by atoms with E-state index in [-0.39, 0.29) is 11.2 Å². The van der Waals surface area contributed by atoms with Gasteiger partial charge in [-0.15, -0.1) is 0 Å². The molecule has 0 unspecified atom stereocenters. The average molecular weight is 320 g/mol. The quantitative estimate of drug-likeness (QED) is 0.390. The lowest BCUT2D eigenvalue weighted by atomic mass is 9.83. The summed E-state index contributed by atoms with van der Waals surface area (Å²) in [5.41, 5.74) is 2.01. The number of aliphatic hydroxyl groups excluding tert-OH is 1. The van der Waals surface area contributed by atoms with Crippen molar-refractivity contribution in [3.05, 3.63) is 34.9 Å². The van der Waals surface area contributed by atoms with Crippen LogP contribution in [0.4, 0.5) is 0 Å². The molecule has 1 aromatic carbocycles. The number of carbonyl (C=O) groups excluding carboxylic acids is 2. The fraction of sp³-hybridized carbons (Fsp3) is 0.444. The van der Waals surface area contributed by atoms with E-state index >= 15 is 0 Å². The molecule has 0 radical (unpaired) electrons. The van der Waals surface area contributed by atoms with Crippen LogP contribution in [0, 0.1) is 6.92 Å². The number of carbonyl (C=O) groups is 2. The van der Waals surface area contributed by atoms with Gasteiger partial charge in [-0.3, -0.25) is 4.79 Å². The van der Waals surface area contributed by atoms with Gasteiger partial charge in [0.1, 0.15) is 11.5 Å². The molecular formula is C18H24O5. The molecule has 5 heteroatoms. The molecule has 0 fully saturated rings. The number of rotatable bonds is 5. The zero-order valence-electron chi connectivity index (χ0n) is 14.5. The molecule has 1 N–H and O–H groups in total. The maximum absolute atomic E-state index is 11.6. The smallest absolute Gasteiger partial charge is 0.378 e. The van der Waals surface area contributed by atoms with Gasteiger partial charge in [-0.25, -0.2) is 4.79 Å². The summed E-state index contributed by atoms with van der Waals surface area (Å²) in [4.78, 5) is 22.9. The molecule has 0 spiro atoms. The Morgan fingerprint density at radius 1 is 1.26 bits per heavy atom. The van der Waals surface area contributed by atoms with Gasteiger partial charge < -0.3 is 14.6 Å². The van der Waals surface area contributed by atoms with Gasteiger partial charge in [0.25, 0.3) is 5.78 Å². The highest BCUT2D eigenvalue weighted by atomic mass is 16.5. The van der Waals surface area contributed by atoms with E-state index in [1.807, 2.05) is 40.7 Å². The molecule has 23 heavy (non-hydrogen) atoms. The number of hydrogen-bond acceptors (Lipinski definition) is 5. The van der Waals surface area contributed by atoms with Gasteiger partial charge in [-0.2, -0.15) is 0 Å². The first-order valence-electron chi connectivity index (χ1n) is 7.43. The number of aliphatic hydroxyl groups is 1. The normalized spacial score (nSPS) is 12.0. The first-order valence-corrected chi connectivity index (χ1v) is 7.43. The van der Waals surface area contributed by atoms with Crippen LogP contribution in [0.2, 0.25) is 0 Å². The van der Waals surface area contributed by atoms with Crippen molar-refractivity contribution in [1.29, 1.82) is 0 Å². The summed E-state index contributed by atoms with van der Waals surface area (Å²) in [7, 11) is 1.11. The van der Waals surface area contributed by atoms with E-state index in [9.17, 15) is 14.7 Å². The van der Waals surface area contributed by atoms with Crippen molar-refractivity contribution in [1.82, 2.24) is 0 Å². The van der Waals surface area contributed by atoms with Crippen LogP contribution in [0.5, 0.6) is 5.75 Å². The third-order valence-corrected chi connectivity index (χ3v) is 3.26. The van der Waals surface area contributed by atoms with Crippen molar-refractivity contribution in [2.75, 3.05) is 13.7 Å². The fourth-order valence-corrected chi connectivity index (χ4v) is 2.18. The van der Waals surface area contributed by atoms with Crippen LogP contribution < -0.4 is 4.74 Å². The summed E-state index contributed by atoms with van der Waals surface area (Å²) < 4.78 is 10.1. The molecule has 1 aromatic rings. The highest BCUT2D eigenvalue weighted by Gasteiger charge is 2.24. The monoisotopic (exact) mass is 320 g/mol. The van der Waals surface area contributed by atoms with Gasteiger partial charge in [0.2, 0.25) is 0 Å². The Labute approximate surface area is 136 Å². The largest absolute Gasteiger partial charge is 0.507 e. The summed E-state index contributed by atoms with van der Waals surface area (Å²) in [6.07, 6.45) is 0.857. The molecule has 1 rings (SSSR count). The van der Waals surface area contributed by atoms with Crippen LogP contribution in [0.25, 0.3) is 5.76 Å². The zero-order valence-corrected chi connectivity index (χ0v) is 14.5. The van der Waals surface area contributed by atoms with Gasteiger partial charge >= 0.3 is 5.97 Å². The first kappa shape index (κ1) is 18.7. The van der Waals surface area contributed by atoms with E-state index in [0.29, 0.717) is 17.9 Å². The minimum absolute atomic E-state index is 0.210. The predicted octanol–water partition coefficient (Wildman–Crippen LogP) is 3.33. The second-order valence-corrected chi connectivity index (χ2v) is 6.26. The van der Waals surface area contributed by atoms with Crippen molar-refractivity contribution in [3.8, 4) is 5.75 Å². The maximum Gasteiger partial charge on any atom is 0.378 e. The van der Waals surface area contributed by atoms with Crippen LogP contribution in [0.1, 0.15) is 44.4 Å². The molecule has 0 aliphatic carbocycles. The lowest BCUT2D eigenvalue weighted by Crippen LogP contribution is -2.16. The Hall–Kier alpha value is -2.30. The van der Waals surface area contributed by atoms with Gasteiger partial charge in [-0.1, -0.05) is 26.8 Å². The van der Waals surface area contributed by atoms with E-state index < -0.39 is 11.8 Å². The molecule has 5 nitrogen and oxygen atoms in total. The first-order chi connectivity index (χ1) is 10.6. The lowest BCUT2D eigenvalue weighted by molar-refractivity contribution is -0.149. The van der Waals surface area contributed by atoms with Gasteiger partial charge in [0, 0.05) is 11.6 Å². The number of esters is 1. The third-order valence-electron chi connectivity index (χ3n) is 3.26. The minimum Gasteiger partial charge on any atom is -0.507 e. The van der Waals surface area contributed by atoms with E-state index in [4.69, 9.17) is 4.74 Å². The van der Waals surface area contributed by atoms with Gasteiger partial charge in [0.15, 0.2) is 0 Å². The summed E-state index contributed by atoms with van der Waals surface area (Å²) >= 11 is 0. The Morgan fingerprint density at radius 2 is 1.87 bits per heavy atom.